The van der Waals surface area contributed by atoms with Gasteiger partial charge in [-0.3, -0.25) is 14.5 Å². The van der Waals surface area contributed by atoms with Gasteiger partial charge in [0.15, 0.2) is 0 Å². The molecule has 0 aromatic heterocycles. The fourth-order valence-corrected chi connectivity index (χ4v) is 7.00. The highest BCUT2D eigenvalue weighted by atomic mass is 32.2. The Balaban J connectivity index is 1.49. The summed E-state index contributed by atoms with van der Waals surface area (Å²) in [6, 6.07) is 0.262. The Labute approximate surface area is 159 Å². The van der Waals surface area contributed by atoms with Gasteiger partial charge in [0.25, 0.3) is 5.24 Å². The zero-order valence-electron chi connectivity index (χ0n) is 15.8. The molecule has 26 heavy (non-hydrogen) atoms. The van der Waals surface area contributed by atoms with Crippen molar-refractivity contribution in [1.29, 1.82) is 0 Å². The van der Waals surface area contributed by atoms with Crippen molar-refractivity contribution in [2.45, 2.75) is 62.6 Å². The first kappa shape index (κ1) is 18.6. The van der Waals surface area contributed by atoms with Gasteiger partial charge < -0.3 is 15.7 Å². The largest absolute Gasteiger partial charge is 0.395 e. The number of thioether (sulfide) groups is 1. The molecule has 3 N–H and O–H groups in total. The van der Waals surface area contributed by atoms with Gasteiger partial charge in [-0.2, -0.15) is 0 Å². The number of aliphatic hydroxyl groups is 1. The number of carbonyl (C=O) groups excluding carboxylic acids is 2. The van der Waals surface area contributed by atoms with Gasteiger partial charge in [-0.05, 0) is 70.1 Å². The predicted octanol–water partition coefficient (Wildman–Crippen LogP) is 1.58. The van der Waals surface area contributed by atoms with E-state index < -0.39 is 0 Å². The third kappa shape index (κ3) is 3.16. The first-order valence-electron chi connectivity index (χ1n) is 9.85. The average Bonchev–Trinajstić information content (AvgIpc) is 2.92. The maximum atomic E-state index is 13.3. The zero-order valence-corrected chi connectivity index (χ0v) is 16.6. The van der Waals surface area contributed by atoms with E-state index in [2.05, 4.69) is 15.5 Å². The van der Waals surface area contributed by atoms with Gasteiger partial charge in [-0.25, -0.2) is 0 Å². The molecule has 5 aliphatic rings. The minimum absolute atomic E-state index is 0.0331. The normalized spacial score (nSPS) is 44.3. The lowest BCUT2D eigenvalue weighted by atomic mass is 9.46. The number of hydrogen-bond acceptors (Lipinski definition) is 5. The number of amides is 2. The van der Waals surface area contributed by atoms with E-state index in [9.17, 15) is 14.7 Å². The van der Waals surface area contributed by atoms with Crippen molar-refractivity contribution >= 4 is 22.9 Å². The Morgan fingerprint density at radius 2 is 1.88 bits per heavy atom. The minimum atomic E-state index is -0.314. The standard InChI is InChI=1S/C19H31N3O3S/c1-22-9-14(4-15(22)10-23)20-16(24)18-5-12-3-13(6-18)8-19(7-12,11-18)21-17(25)26-2/h12-15,23H,3-11H2,1-2H3,(H,20,24)(H,21,25)/t12?,13?,14-,15+,18?,19?/m1/s1. The Hall–Kier alpha value is -0.790. The Morgan fingerprint density at radius 1 is 1.19 bits per heavy atom. The molecule has 0 aromatic carbocycles. The molecule has 4 aliphatic carbocycles. The van der Waals surface area contributed by atoms with E-state index in [1.165, 1.54) is 18.2 Å². The van der Waals surface area contributed by atoms with Gasteiger partial charge in [0.05, 0.1) is 12.0 Å². The molecule has 5 fully saturated rings. The van der Waals surface area contributed by atoms with Crippen LogP contribution in [0.1, 0.15) is 44.9 Å². The summed E-state index contributed by atoms with van der Waals surface area (Å²) < 4.78 is 0. The fraction of sp³-hybridized carbons (Fsp3) is 0.895. The van der Waals surface area contributed by atoms with Gasteiger partial charge in [0, 0.05) is 24.2 Å². The molecule has 146 valence electrons. The second-order valence-electron chi connectivity index (χ2n) is 9.32. The molecule has 2 amide bonds. The van der Waals surface area contributed by atoms with Crippen LogP contribution < -0.4 is 10.6 Å². The van der Waals surface area contributed by atoms with Crippen LogP contribution in [0.2, 0.25) is 0 Å². The van der Waals surface area contributed by atoms with E-state index in [-0.39, 0.29) is 40.8 Å². The number of nitrogens with zero attached hydrogens (tertiary/aromatic N) is 1. The lowest BCUT2D eigenvalue weighted by Gasteiger charge is -2.61. The van der Waals surface area contributed by atoms with Crippen molar-refractivity contribution < 1.29 is 14.7 Å². The maximum absolute atomic E-state index is 13.3. The molecule has 0 spiro atoms. The van der Waals surface area contributed by atoms with Gasteiger partial charge >= 0.3 is 0 Å². The van der Waals surface area contributed by atoms with Crippen LogP contribution in [0, 0.1) is 17.3 Å². The second-order valence-corrected chi connectivity index (χ2v) is 10.1. The number of carbonyl (C=O) groups is 2. The summed E-state index contributed by atoms with van der Waals surface area (Å²) in [5.41, 5.74) is -0.493. The summed E-state index contributed by atoms with van der Waals surface area (Å²) in [6.45, 7) is 0.941. The zero-order chi connectivity index (χ0) is 18.5. The highest BCUT2D eigenvalue weighted by Crippen LogP contribution is 2.61. The number of nitrogens with one attached hydrogen (secondary N) is 2. The third-order valence-corrected chi connectivity index (χ3v) is 7.80. The Kier molecular flexibility index (Phi) is 4.77. The van der Waals surface area contributed by atoms with Crippen LogP contribution in [0.15, 0.2) is 0 Å². The van der Waals surface area contributed by atoms with Crippen LogP contribution >= 0.6 is 11.8 Å². The second kappa shape index (κ2) is 6.67. The lowest BCUT2D eigenvalue weighted by Crippen LogP contribution is -2.66. The molecular formula is C19H31N3O3S. The van der Waals surface area contributed by atoms with Crippen LogP contribution in [-0.4, -0.2) is 65.2 Å². The van der Waals surface area contributed by atoms with Crippen LogP contribution in [0.5, 0.6) is 0 Å². The van der Waals surface area contributed by atoms with E-state index >= 15 is 0 Å². The van der Waals surface area contributed by atoms with Gasteiger partial charge in [-0.1, -0.05) is 11.8 Å². The molecule has 0 radical (unpaired) electrons. The van der Waals surface area contributed by atoms with Crippen molar-refractivity contribution in [2.75, 3.05) is 26.5 Å². The van der Waals surface area contributed by atoms with Crippen molar-refractivity contribution in [3.05, 3.63) is 0 Å². The monoisotopic (exact) mass is 381 g/mol. The molecule has 1 saturated heterocycles. The quantitative estimate of drug-likeness (QED) is 0.689. The van der Waals surface area contributed by atoms with Crippen LogP contribution in [-0.2, 0) is 4.79 Å². The highest BCUT2D eigenvalue weighted by Gasteiger charge is 2.61. The molecule has 2 unspecified atom stereocenters. The van der Waals surface area contributed by atoms with Crippen LogP contribution in [0.3, 0.4) is 0 Å². The minimum Gasteiger partial charge on any atom is -0.395 e. The number of aliphatic hydroxyl groups excluding tert-OH is 1. The molecule has 6 nitrogen and oxygen atoms in total. The molecule has 0 aromatic rings. The summed E-state index contributed by atoms with van der Waals surface area (Å²) in [5, 5.41) is 16.1. The summed E-state index contributed by atoms with van der Waals surface area (Å²) in [7, 11) is 2.00. The van der Waals surface area contributed by atoms with Gasteiger partial charge in [0.1, 0.15) is 0 Å². The molecule has 4 bridgehead atoms. The summed E-state index contributed by atoms with van der Waals surface area (Å²) in [5.74, 6) is 1.30. The van der Waals surface area contributed by atoms with E-state index in [4.69, 9.17) is 0 Å². The average molecular weight is 382 g/mol. The van der Waals surface area contributed by atoms with E-state index in [0.29, 0.717) is 11.8 Å². The predicted molar refractivity (Wildman–Crippen MR) is 102 cm³/mol. The molecule has 4 saturated carbocycles. The first-order chi connectivity index (χ1) is 12.4. The van der Waals surface area contributed by atoms with Crippen LogP contribution in [0.4, 0.5) is 4.79 Å². The number of rotatable bonds is 4. The molecule has 7 heteroatoms. The summed E-state index contributed by atoms with van der Waals surface area (Å²) in [4.78, 5) is 27.5. The summed E-state index contributed by atoms with van der Waals surface area (Å²) in [6.07, 6.45) is 8.63. The fourth-order valence-electron chi connectivity index (χ4n) is 6.68. The van der Waals surface area contributed by atoms with Crippen molar-refractivity contribution in [1.82, 2.24) is 15.5 Å². The number of likely N-dealkylation sites (N-methyl/N-ethyl adjacent to an activating group) is 1. The van der Waals surface area contributed by atoms with Crippen LogP contribution in [0.25, 0.3) is 0 Å². The molecule has 1 aliphatic heterocycles. The smallest absolute Gasteiger partial charge is 0.279 e. The molecular weight excluding hydrogens is 350 g/mol. The third-order valence-electron chi connectivity index (χ3n) is 7.33. The van der Waals surface area contributed by atoms with Gasteiger partial charge in [-0.15, -0.1) is 0 Å². The van der Waals surface area contributed by atoms with Crippen molar-refractivity contribution in [2.24, 2.45) is 17.3 Å². The van der Waals surface area contributed by atoms with E-state index in [1.54, 1.807) is 0 Å². The van der Waals surface area contributed by atoms with E-state index in [0.717, 1.165) is 45.1 Å². The van der Waals surface area contributed by atoms with E-state index in [1.807, 2.05) is 13.3 Å². The van der Waals surface area contributed by atoms with Crippen molar-refractivity contribution in [3.63, 3.8) is 0 Å². The Bertz CT molecular complexity index is 585. The number of likely N-dealkylation sites (tertiary alicyclic amines) is 1. The summed E-state index contributed by atoms with van der Waals surface area (Å²) >= 11 is 1.23. The first-order valence-corrected chi connectivity index (χ1v) is 11.1. The van der Waals surface area contributed by atoms with Crippen molar-refractivity contribution in [3.8, 4) is 0 Å². The SMILES string of the molecule is CSC(=O)NC12CC3CC(C1)CC(C(=O)N[C@@H]1C[C@@H](CO)N(C)C1)(C3)C2. The molecule has 5 rings (SSSR count). The highest BCUT2D eigenvalue weighted by molar-refractivity contribution is 8.12. The molecule has 1 heterocycles. The lowest BCUT2D eigenvalue weighted by molar-refractivity contribution is -0.150. The van der Waals surface area contributed by atoms with Gasteiger partial charge in [0.2, 0.25) is 5.91 Å². The molecule has 4 atom stereocenters. The maximum Gasteiger partial charge on any atom is 0.279 e. The Morgan fingerprint density at radius 3 is 2.46 bits per heavy atom. The topological polar surface area (TPSA) is 81.7 Å². The number of hydrogen-bond donors (Lipinski definition) is 3.